The van der Waals surface area contributed by atoms with Gasteiger partial charge in [0.1, 0.15) is 0 Å². The van der Waals surface area contributed by atoms with E-state index in [1.165, 1.54) is 12.1 Å². The third-order valence-electron chi connectivity index (χ3n) is 2.78. The van der Waals surface area contributed by atoms with Crippen molar-refractivity contribution in [3.63, 3.8) is 0 Å². The Labute approximate surface area is 115 Å². The van der Waals surface area contributed by atoms with Crippen LogP contribution in [0.3, 0.4) is 0 Å². The van der Waals surface area contributed by atoms with Crippen LogP contribution in [0, 0.1) is 10.1 Å². The van der Waals surface area contributed by atoms with Crippen LogP contribution >= 0.6 is 12.2 Å². The van der Waals surface area contributed by atoms with Gasteiger partial charge in [0.2, 0.25) is 0 Å². The number of hydrazine groups is 1. The smallest absolute Gasteiger partial charge is 0.269 e. The first-order chi connectivity index (χ1) is 9.09. The lowest BCUT2D eigenvalue weighted by Gasteiger charge is -2.37. The summed E-state index contributed by atoms with van der Waals surface area (Å²) in [6.07, 6.45) is 0. The Morgan fingerprint density at radius 3 is 2.42 bits per heavy atom. The lowest BCUT2D eigenvalue weighted by Crippen LogP contribution is -2.53. The lowest BCUT2D eigenvalue weighted by molar-refractivity contribution is -0.384. The molecule has 0 unspecified atom stereocenters. The maximum atomic E-state index is 10.6. The molecule has 7 nitrogen and oxygen atoms in total. The largest absolute Gasteiger partial charge is 0.379 e. The monoisotopic (exact) mass is 282 g/mol. The van der Waals surface area contributed by atoms with Crippen LogP contribution in [0.4, 0.5) is 11.4 Å². The Hall–Kier alpha value is -1.77. The van der Waals surface area contributed by atoms with Crippen molar-refractivity contribution in [1.29, 1.82) is 0 Å². The molecule has 0 spiro atoms. The maximum Gasteiger partial charge on any atom is 0.269 e. The van der Waals surface area contributed by atoms with Gasteiger partial charge in [-0.3, -0.25) is 10.1 Å². The summed E-state index contributed by atoms with van der Waals surface area (Å²) in [4.78, 5) is 10.2. The zero-order valence-corrected chi connectivity index (χ0v) is 11.0. The zero-order valence-electron chi connectivity index (χ0n) is 10.2. The molecule has 1 fully saturated rings. The molecule has 0 saturated carbocycles. The van der Waals surface area contributed by atoms with Crippen LogP contribution in [0.25, 0.3) is 0 Å². The highest BCUT2D eigenvalue weighted by Crippen LogP contribution is 2.21. The van der Waals surface area contributed by atoms with Gasteiger partial charge < -0.3 is 10.5 Å². The number of hydrogen-bond acceptors (Lipinski definition) is 5. The number of nitrogens with zero attached hydrogens (tertiary/aromatic N) is 3. The van der Waals surface area contributed by atoms with Crippen molar-refractivity contribution >= 4 is 28.7 Å². The minimum atomic E-state index is -0.441. The standard InChI is InChI=1S/C11H14N4O3S/c12-11(19)14(13-5-7-18-8-6-13)9-1-3-10(4-2-9)15(16)17/h1-4H,5-8H2,(H2,12,19). The molecule has 1 aromatic carbocycles. The minimum Gasteiger partial charge on any atom is -0.379 e. The molecule has 1 aliphatic heterocycles. The van der Waals surface area contributed by atoms with Crippen molar-refractivity contribution in [2.75, 3.05) is 31.3 Å². The predicted octanol–water partition coefficient (Wildman–Crippen LogP) is 0.892. The zero-order chi connectivity index (χ0) is 13.8. The SMILES string of the molecule is NC(=S)N(c1ccc([N+](=O)[O-])cc1)N1CCOCC1. The Bertz CT molecular complexity index is 473. The first-order valence-electron chi connectivity index (χ1n) is 5.76. The van der Waals surface area contributed by atoms with E-state index < -0.39 is 4.92 Å². The molecule has 102 valence electrons. The van der Waals surface area contributed by atoms with Crippen molar-refractivity contribution in [1.82, 2.24) is 5.01 Å². The molecular weight excluding hydrogens is 268 g/mol. The second-order valence-electron chi connectivity index (χ2n) is 3.99. The molecule has 1 aromatic rings. The van der Waals surface area contributed by atoms with Gasteiger partial charge in [0, 0.05) is 25.2 Å². The van der Waals surface area contributed by atoms with Gasteiger partial charge >= 0.3 is 0 Å². The van der Waals surface area contributed by atoms with E-state index in [4.69, 9.17) is 22.7 Å². The molecule has 0 amide bonds. The fourth-order valence-corrected chi connectivity index (χ4v) is 2.12. The van der Waals surface area contributed by atoms with E-state index in [1.807, 2.05) is 5.01 Å². The van der Waals surface area contributed by atoms with E-state index in [2.05, 4.69) is 0 Å². The van der Waals surface area contributed by atoms with Crippen molar-refractivity contribution < 1.29 is 9.66 Å². The second-order valence-corrected chi connectivity index (χ2v) is 4.41. The molecule has 2 N–H and O–H groups in total. The molecule has 0 atom stereocenters. The van der Waals surface area contributed by atoms with E-state index in [0.29, 0.717) is 32.0 Å². The lowest BCUT2D eigenvalue weighted by atomic mass is 10.3. The van der Waals surface area contributed by atoms with Crippen molar-refractivity contribution in [3.05, 3.63) is 34.4 Å². The molecule has 1 saturated heterocycles. The first kappa shape index (κ1) is 13.7. The van der Waals surface area contributed by atoms with Crippen LogP contribution in [-0.4, -0.2) is 41.3 Å². The van der Waals surface area contributed by atoms with Crippen LogP contribution in [0.1, 0.15) is 0 Å². The first-order valence-corrected chi connectivity index (χ1v) is 6.17. The molecule has 0 aromatic heterocycles. The Kier molecular flexibility index (Phi) is 4.25. The van der Waals surface area contributed by atoms with Crippen LogP contribution in [0.15, 0.2) is 24.3 Å². The number of benzene rings is 1. The number of nitrogens with two attached hydrogens (primary N) is 1. The van der Waals surface area contributed by atoms with E-state index in [0.717, 1.165) is 0 Å². The molecule has 1 heterocycles. The quantitative estimate of drug-likeness (QED) is 0.500. The second kappa shape index (κ2) is 5.91. The summed E-state index contributed by atoms with van der Waals surface area (Å²) in [5.41, 5.74) is 6.48. The topological polar surface area (TPSA) is 84.9 Å². The highest BCUT2D eigenvalue weighted by molar-refractivity contribution is 7.80. The molecule has 8 heteroatoms. The summed E-state index contributed by atoms with van der Waals surface area (Å²) in [5.74, 6) is 0. The van der Waals surface area contributed by atoms with Crippen LogP contribution in [-0.2, 0) is 4.74 Å². The number of hydrogen-bond donors (Lipinski definition) is 1. The van der Waals surface area contributed by atoms with Crippen molar-refractivity contribution in [2.45, 2.75) is 0 Å². The number of nitro benzene ring substituents is 1. The Morgan fingerprint density at radius 1 is 1.37 bits per heavy atom. The molecule has 0 bridgehead atoms. The number of thiocarbonyl (C=S) groups is 1. The van der Waals surface area contributed by atoms with Crippen molar-refractivity contribution in [2.24, 2.45) is 5.73 Å². The average Bonchev–Trinajstić information content (AvgIpc) is 2.40. The van der Waals surface area contributed by atoms with Gasteiger partial charge in [0.05, 0.1) is 23.8 Å². The van der Waals surface area contributed by atoms with Gasteiger partial charge in [-0.15, -0.1) is 0 Å². The summed E-state index contributed by atoms with van der Waals surface area (Å²) >= 11 is 5.05. The summed E-state index contributed by atoms with van der Waals surface area (Å²) in [7, 11) is 0. The number of rotatable bonds is 3. The molecule has 0 radical (unpaired) electrons. The highest BCUT2D eigenvalue weighted by atomic mass is 32.1. The van der Waals surface area contributed by atoms with E-state index in [-0.39, 0.29) is 10.8 Å². The van der Waals surface area contributed by atoms with Gasteiger partial charge in [-0.2, -0.15) is 0 Å². The van der Waals surface area contributed by atoms with Crippen molar-refractivity contribution in [3.8, 4) is 0 Å². The maximum absolute atomic E-state index is 10.6. The van der Waals surface area contributed by atoms with Crippen LogP contribution < -0.4 is 10.7 Å². The number of morpholine rings is 1. The minimum absolute atomic E-state index is 0.0358. The average molecular weight is 282 g/mol. The molecule has 1 aliphatic rings. The van der Waals surface area contributed by atoms with Gasteiger partial charge in [-0.05, 0) is 24.4 Å². The van der Waals surface area contributed by atoms with Gasteiger partial charge in [-0.1, -0.05) is 0 Å². The number of ether oxygens (including phenoxy) is 1. The van der Waals surface area contributed by atoms with E-state index in [9.17, 15) is 10.1 Å². The van der Waals surface area contributed by atoms with Crippen LogP contribution in [0.2, 0.25) is 0 Å². The molecule has 2 rings (SSSR count). The summed E-state index contributed by atoms with van der Waals surface area (Å²) in [5, 5.41) is 14.5. The van der Waals surface area contributed by atoms with Gasteiger partial charge in [-0.25, -0.2) is 10.0 Å². The highest BCUT2D eigenvalue weighted by Gasteiger charge is 2.21. The molecular formula is C11H14N4O3S. The van der Waals surface area contributed by atoms with Gasteiger partial charge in [0.15, 0.2) is 5.11 Å². The number of nitro groups is 1. The molecule has 0 aliphatic carbocycles. The summed E-state index contributed by atoms with van der Waals surface area (Å²) in [6.45, 7) is 2.56. The fraction of sp³-hybridized carbons (Fsp3) is 0.364. The van der Waals surface area contributed by atoms with E-state index in [1.54, 1.807) is 17.1 Å². The number of non-ortho nitro benzene ring substituents is 1. The molecule has 19 heavy (non-hydrogen) atoms. The Morgan fingerprint density at radius 2 is 1.95 bits per heavy atom. The van der Waals surface area contributed by atoms with Gasteiger partial charge in [0.25, 0.3) is 5.69 Å². The predicted molar refractivity (Wildman–Crippen MR) is 74.8 cm³/mol. The summed E-state index contributed by atoms with van der Waals surface area (Å²) in [6, 6.07) is 6.13. The third kappa shape index (κ3) is 3.16. The number of anilines is 1. The fourth-order valence-electron chi connectivity index (χ4n) is 1.90. The summed E-state index contributed by atoms with van der Waals surface area (Å²) < 4.78 is 5.27. The van der Waals surface area contributed by atoms with E-state index >= 15 is 0 Å². The normalized spacial score (nSPS) is 16.0. The van der Waals surface area contributed by atoms with Crippen LogP contribution in [0.5, 0.6) is 0 Å². The third-order valence-corrected chi connectivity index (χ3v) is 2.96. The Balaban J connectivity index is 2.23.